The van der Waals surface area contributed by atoms with Crippen molar-refractivity contribution in [3.8, 4) is 0 Å². The molecular weight excluding hydrogens is 263 g/mol. The van der Waals surface area contributed by atoms with Crippen LogP contribution in [0.4, 0.5) is 4.39 Å². The number of carbonyl (C=O) groups is 1. The van der Waals surface area contributed by atoms with Crippen LogP contribution in [0.5, 0.6) is 0 Å². The Labute approximate surface area is 115 Å². The lowest BCUT2D eigenvalue weighted by atomic mass is 10.1. The Morgan fingerprint density at radius 2 is 2.40 bits per heavy atom. The van der Waals surface area contributed by atoms with E-state index in [0.717, 1.165) is 6.42 Å². The van der Waals surface area contributed by atoms with Crippen molar-refractivity contribution in [3.05, 3.63) is 35.1 Å². The number of piperidine rings is 1. The van der Waals surface area contributed by atoms with E-state index in [-0.39, 0.29) is 17.8 Å². The van der Waals surface area contributed by atoms with Crippen LogP contribution in [0.25, 0.3) is 0 Å². The molecule has 0 radical (unpaired) electrons. The molecule has 0 aromatic heterocycles. The zero-order chi connectivity index (χ0) is 14.5. The first kappa shape index (κ1) is 14.3. The fraction of sp³-hybridized carbons (Fsp3) is 0.385. The second-order valence-electron chi connectivity index (χ2n) is 4.71. The minimum Gasteiger partial charge on any atom is -0.409 e. The van der Waals surface area contributed by atoms with Gasteiger partial charge in [-0.1, -0.05) is 17.3 Å². The van der Waals surface area contributed by atoms with Gasteiger partial charge in [-0.2, -0.15) is 0 Å². The Morgan fingerprint density at radius 1 is 1.60 bits per heavy atom. The minimum atomic E-state index is -0.415. The molecule has 1 fully saturated rings. The summed E-state index contributed by atoms with van der Waals surface area (Å²) in [4.78, 5) is 11.0. The fourth-order valence-electron chi connectivity index (χ4n) is 2.07. The lowest BCUT2D eigenvalue weighted by Gasteiger charge is -2.23. The van der Waals surface area contributed by atoms with E-state index in [9.17, 15) is 9.18 Å². The molecule has 1 saturated heterocycles. The van der Waals surface area contributed by atoms with Gasteiger partial charge < -0.3 is 21.6 Å². The summed E-state index contributed by atoms with van der Waals surface area (Å²) >= 11 is 0. The zero-order valence-corrected chi connectivity index (χ0v) is 10.9. The highest BCUT2D eigenvalue weighted by molar-refractivity contribution is 5.97. The Bertz CT molecular complexity index is 523. The van der Waals surface area contributed by atoms with Crippen molar-refractivity contribution >= 4 is 11.7 Å². The number of benzene rings is 1. The van der Waals surface area contributed by atoms with Crippen molar-refractivity contribution in [2.75, 3.05) is 6.54 Å². The summed E-state index contributed by atoms with van der Waals surface area (Å²) in [6.07, 6.45) is 1.23. The van der Waals surface area contributed by atoms with Crippen LogP contribution in [0.3, 0.4) is 0 Å². The van der Waals surface area contributed by atoms with Crippen molar-refractivity contribution < 1.29 is 14.4 Å². The smallest absolute Gasteiger partial charge is 0.220 e. The monoisotopic (exact) mass is 280 g/mol. The van der Waals surface area contributed by atoms with Gasteiger partial charge in [0.05, 0.1) is 0 Å². The third kappa shape index (κ3) is 3.45. The van der Waals surface area contributed by atoms with Crippen LogP contribution in [0.15, 0.2) is 23.4 Å². The molecule has 1 atom stereocenters. The average Bonchev–Trinajstić information content (AvgIpc) is 2.46. The molecule has 1 aromatic carbocycles. The van der Waals surface area contributed by atoms with Gasteiger partial charge in [0.25, 0.3) is 0 Å². The Balaban J connectivity index is 1.95. The maximum Gasteiger partial charge on any atom is 0.220 e. The number of nitrogens with zero attached hydrogens (tertiary/aromatic N) is 1. The van der Waals surface area contributed by atoms with Gasteiger partial charge in [-0.15, -0.1) is 0 Å². The number of hydrogen-bond acceptors (Lipinski definition) is 4. The molecule has 0 aliphatic carbocycles. The Kier molecular flexibility index (Phi) is 4.52. The third-order valence-electron chi connectivity index (χ3n) is 3.30. The molecule has 5 N–H and O–H groups in total. The molecule has 0 saturated carbocycles. The molecule has 1 amide bonds. The second-order valence-corrected chi connectivity index (χ2v) is 4.71. The van der Waals surface area contributed by atoms with Gasteiger partial charge in [0.1, 0.15) is 5.82 Å². The summed E-state index contributed by atoms with van der Waals surface area (Å²) in [7, 11) is 0. The number of halogens is 1. The van der Waals surface area contributed by atoms with E-state index in [0.29, 0.717) is 30.6 Å². The second kappa shape index (κ2) is 6.33. The van der Waals surface area contributed by atoms with Gasteiger partial charge in [-0.25, -0.2) is 4.39 Å². The van der Waals surface area contributed by atoms with Gasteiger partial charge in [0.15, 0.2) is 5.84 Å². The fourth-order valence-corrected chi connectivity index (χ4v) is 2.07. The average molecular weight is 280 g/mol. The van der Waals surface area contributed by atoms with E-state index in [1.807, 2.05) is 0 Å². The molecule has 1 aliphatic heterocycles. The first-order chi connectivity index (χ1) is 9.60. The summed E-state index contributed by atoms with van der Waals surface area (Å²) in [5.41, 5.74) is 6.22. The number of nitrogens with one attached hydrogen (secondary N) is 2. The van der Waals surface area contributed by atoms with E-state index < -0.39 is 5.82 Å². The van der Waals surface area contributed by atoms with Crippen LogP contribution in [0.1, 0.15) is 24.0 Å². The first-order valence-corrected chi connectivity index (χ1v) is 6.36. The molecule has 2 rings (SSSR count). The number of amidine groups is 1. The van der Waals surface area contributed by atoms with E-state index in [2.05, 4.69) is 15.8 Å². The Hall–Kier alpha value is -2.15. The molecule has 0 spiro atoms. The topological polar surface area (TPSA) is 99.7 Å². The number of nitrogens with two attached hydrogens (primary N) is 1. The van der Waals surface area contributed by atoms with Crippen molar-refractivity contribution in [2.45, 2.75) is 25.4 Å². The van der Waals surface area contributed by atoms with Crippen LogP contribution in [0.2, 0.25) is 0 Å². The van der Waals surface area contributed by atoms with Crippen LogP contribution >= 0.6 is 0 Å². The van der Waals surface area contributed by atoms with Crippen LogP contribution < -0.4 is 16.4 Å². The summed E-state index contributed by atoms with van der Waals surface area (Å²) in [6, 6.07) is 4.57. The highest BCUT2D eigenvalue weighted by Gasteiger charge is 2.17. The lowest BCUT2D eigenvalue weighted by molar-refractivity contribution is -0.122. The standard InChI is InChI=1S/C13H17FN4O2/c14-11-5-8(13(15)18-20)1-2-9(11)6-16-10-3-4-12(19)17-7-10/h1-2,5,10,16,20H,3-4,6-7H2,(H2,15,18)(H,17,19). The summed E-state index contributed by atoms with van der Waals surface area (Å²) < 4.78 is 13.9. The largest absolute Gasteiger partial charge is 0.409 e. The molecular formula is C13H17FN4O2. The predicted octanol–water partition coefficient (Wildman–Crippen LogP) is 0.288. The Morgan fingerprint density at radius 3 is 3.00 bits per heavy atom. The quantitative estimate of drug-likeness (QED) is 0.276. The SMILES string of the molecule is NC(=NO)c1ccc(CNC2CCC(=O)NC2)c(F)c1. The van der Waals surface area contributed by atoms with Crippen molar-refractivity contribution in [2.24, 2.45) is 10.9 Å². The highest BCUT2D eigenvalue weighted by atomic mass is 19.1. The molecule has 6 nitrogen and oxygen atoms in total. The van der Waals surface area contributed by atoms with E-state index in [1.54, 1.807) is 12.1 Å². The number of rotatable bonds is 4. The molecule has 20 heavy (non-hydrogen) atoms. The van der Waals surface area contributed by atoms with Gasteiger partial charge in [-0.05, 0) is 12.5 Å². The maximum atomic E-state index is 13.9. The molecule has 0 bridgehead atoms. The van der Waals surface area contributed by atoms with Crippen LogP contribution in [0, 0.1) is 5.82 Å². The van der Waals surface area contributed by atoms with Gasteiger partial charge in [-0.3, -0.25) is 4.79 Å². The number of hydrogen-bond donors (Lipinski definition) is 4. The number of oxime groups is 1. The molecule has 108 valence electrons. The summed E-state index contributed by atoms with van der Waals surface area (Å²) in [5.74, 6) is -0.489. The minimum absolute atomic E-state index is 0.0531. The summed E-state index contributed by atoms with van der Waals surface area (Å²) in [5, 5.41) is 17.3. The zero-order valence-electron chi connectivity index (χ0n) is 10.9. The molecule has 1 unspecified atom stereocenters. The predicted molar refractivity (Wildman–Crippen MR) is 71.8 cm³/mol. The van der Waals surface area contributed by atoms with E-state index in [1.165, 1.54) is 6.07 Å². The van der Waals surface area contributed by atoms with Gasteiger partial charge in [0.2, 0.25) is 5.91 Å². The summed E-state index contributed by atoms with van der Waals surface area (Å²) in [6.45, 7) is 0.922. The molecule has 1 aromatic rings. The van der Waals surface area contributed by atoms with Crippen molar-refractivity contribution in [1.82, 2.24) is 10.6 Å². The van der Waals surface area contributed by atoms with Crippen LogP contribution in [-0.4, -0.2) is 29.5 Å². The highest BCUT2D eigenvalue weighted by Crippen LogP contribution is 2.11. The number of carbonyl (C=O) groups excluding carboxylic acids is 1. The van der Waals surface area contributed by atoms with Crippen molar-refractivity contribution in [3.63, 3.8) is 0 Å². The maximum absolute atomic E-state index is 13.9. The van der Waals surface area contributed by atoms with E-state index >= 15 is 0 Å². The van der Waals surface area contributed by atoms with Crippen LogP contribution in [-0.2, 0) is 11.3 Å². The third-order valence-corrected chi connectivity index (χ3v) is 3.30. The molecule has 1 heterocycles. The van der Waals surface area contributed by atoms with Crippen molar-refractivity contribution in [1.29, 1.82) is 0 Å². The lowest BCUT2D eigenvalue weighted by Crippen LogP contribution is -2.45. The normalized spacial score (nSPS) is 19.8. The molecule has 1 aliphatic rings. The molecule has 7 heteroatoms. The first-order valence-electron chi connectivity index (χ1n) is 6.36. The van der Waals surface area contributed by atoms with Gasteiger partial charge in [0, 0.05) is 36.7 Å². The van der Waals surface area contributed by atoms with Gasteiger partial charge >= 0.3 is 0 Å². The van der Waals surface area contributed by atoms with E-state index in [4.69, 9.17) is 10.9 Å². The number of amides is 1.